The van der Waals surface area contributed by atoms with Gasteiger partial charge in [-0.1, -0.05) is 13.8 Å². The van der Waals surface area contributed by atoms with Gasteiger partial charge in [0.2, 0.25) is 0 Å². The van der Waals surface area contributed by atoms with Crippen molar-refractivity contribution in [3.8, 4) is 0 Å². The molecule has 6 heteroatoms. The van der Waals surface area contributed by atoms with Crippen molar-refractivity contribution in [2.75, 3.05) is 19.8 Å². The highest BCUT2D eigenvalue weighted by Crippen LogP contribution is 2.03. The SMILES string of the molecule is CC(C)COCC(O)CNC(=O)c1ccncc1F. The van der Waals surface area contributed by atoms with Crippen LogP contribution in [0.15, 0.2) is 18.5 Å². The normalized spacial score (nSPS) is 12.5. The Kier molecular flexibility index (Phi) is 6.38. The Balaban J connectivity index is 2.32. The molecule has 5 nitrogen and oxygen atoms in total. The zero-order chi connectivity index (χ0) is 14.3. The fourth-order valence-corrected chi connectivity index (χ4v) is 1.36. The van der Waals surface area contributed by atoms with Gasteiger partial charge in [0, 0.05) is 19.3 Å². The largest absolute Gasteiger partial charge is 0.389 e. The van der Waals surface area contributed by atoms with Crippen molar-refractivity contribution in [3.63, 3.8) is 0 Å². The number of carbonyl (C=O) groups excluding carboxylic acids is 1. The molecule has 19 heavy (non-hydrogen) atoms. The molecule has 0 fully saturated rings. The van der Waals surface area contributed by atoms with Crippen LogP contribution >= 0.6 is 0 Å². The molecule has 0 saturated heterocycles. The molecule has 0 spiro atoms. The Morgan fingerprint density at radius 2 is 2.26 bits per heavy atom. The second-order valence-corrected chi connectivity index (χ2v) is 4.65. The first-order valence-electron chi connectivity index (χ1n) is 6.14. The summed E-state index contributed by atoms with van der Waals surface area (Å²) in [6, 6.07) is 1.28. The van der Waals surface area contributed by atoms with Crippen molar-refractivity contribution in [1.82, 2.24) is 10.3 Å². The van der Waals surface area contributed by atoms with E-state index in [1.54, 1.807) is 0 Å². The number of ether oxygens (including phenoxy) is 1. The number of hydrogen-bond donors (Lipinski definition) is 2. The summed E-state index contributed by atoms with van der Waals surface area (Å²) < 4.78 is 18.5. The van der Waals surface area contributed by atoms with Crippen LogP contribution in [-0.4, -0.2) is 41.9 Å². The first kappa shape index (κ1) is 15.5. The number of aliphatic hydroxyl groups is 1. The van der Waals surface area contributed by atoms with Crippen molar-refractivity contribution in [3.05, 3.63) is 29.8 Å². The number of nitrogens with one attached hydrogen (secondary N) is 1. The number of nitrogens with zero attached hydrogens (tertiary/aromatic N) is 1. The molecule has 1 rings (SSSR count). The fraction of sp³-hybridized carbons (Fsp3) is 0.538. The molecule has 1 aromatic heterocycles. The summed E-state index contributed by atoms with van der Waals surface area (Å²) in [6.45, 7) is 4.70. The van der Waals surface area contributed by atoms with Crippen LogP contribution < -0.4 is 5.32 Å². The second kappa shape index (κ2) is 7.81. The lowest BCUT2D eigenvalue weighted by Crippen LogP contribution is -2.35. The van der Waals surface area contributed by atoms with Crippen LogP contribution in [0.4, 0.5) is 4.39 Å². The predicted molar refractivity (Wildman–Crippen MR) is 68.2 cm³/mol. The minimum Gasteiger partial charge on any atom is -0.389 e. The smallest absolute Gasteiger partial charge is 0.254 e. The molecule has 0 aromatic carbocycles. The lowest BCUT2D eigenvalue weighted by molar-refractivity contribution is 0.0259. The molecule has 0 aliphatic carbocycles. The van der Waals surface area contributed by atoms with Crippen molar-refractivity contribution in [1.29, 1.82) is 0 Å². The van der Waals surface area contributed by atoms with E-state index < -0.39 is 17.8 Å². The maximum absolute atomic E-state index is 13.2. The van der Waals surface area contributed by atoms with Crippen LogP contribution in [0.25, 0.3) is 0 Å². The van der Waals surface area contributed by atoms with E-state index in [1.165, 1.54) is 12.3 Å². The molecule has 0 aliphatic rings. The van der Waals surface area contributed by atoms with Gasteiger partial charge >= 0.3 is 0 Å². The number of hydrogen-bond acceptors (Lipinski definition) is 4. The zero-order valence-electron chi connectivity index (χ0n) is 11.1. The topological polar surface area (TPSA) is 71.5 Å². The lowest BCUT2D eigenvalue weighted by atomic mass is 10.2. The van der Waals surface area contributed by atoms with E-state index in [1.807, 2.05) is 13.8 Å². The monoisotopic (exact) mass is 270 g/mol. The minimum atomic E-state index is -0.812. The Bertz CT molecular complexity index is 413. The summed E-state index contributed by atoms with van der Waals surface area (Å²) in [5, 5.41) is 12.0. The van der Waals surface area contributed by atoms with E-state index in [0.717, 1.165) is 6.20 Å². The van der Waals surface area contributed by atoms with E-state index in [-0.39, 0.29) is 18.7 Å². The number of aromatic nitrogens is 1. The predicted octanol–water partition coefficient (Wildman–Crippen LogP) is 0.984. The van der Waals surface area contributed by atoms with E-state index in [4.69, 9.17) is 4.74 Å². The van der Waals surface area contributed by atoms with Gasteiger partial charge in [-0.05, 0) is 12.0 Å². The molecule has 1 unspecified atom stereocenters. The van der Waals surface area contributed by atoms with Gasteiger partial charge in [0.05, 0.1) is 24.5 Å². The van der Waals surface area contributed by atoms with Crippen LogP contribution in [-0.2, 0) is 4.74 Å². The van der Waals surface area contributed by atoms with E-state index in [2.05, 4.69) is 10.3 Å². The number of pyridine rings is 1. The molecule has 2 N–H and O–H groups in total. The van der Waals surface area contributed by atoms with Gasteiger partial charge in [-0.25, -0.2) is 4.39 Å². The molecular weight excluding hydrogens is 251 g/mol. The third kappa shape index (κ3) is 5.76. The molecule has 0 saturated carbocycles. The maximum Gasteiger partial charge on any atom is 0.254 e. The third-order valence-corrected chi connectivity index (χ3v) is 2.28. The van der Waals surface area contributed by atoms with Crippen molar-refractivity contribution >= 4 is 5.91 Å². The number of halogens is 1. The number of rotatable bonds is 7. The number of aliphatic hydroxyl groups excluding tert-OH is 1. The molecule has 1 atom stereocenters. The third-order valence-electron chi connectivity index (χ3n) is 2.28. The standard InChI is InChI=1S/C13H19FN2O3/c1-9(2)7-19-8-10(17)5-16-13(18)11-3-4-15-6-12(11)14/h3-4,6,9-10,17H,5,7-8H2,1-2H3,(H,16,18). The fourth-order valence-electron chi connectivity index (χ4n) is 1.36. The van der Waals surface area contributed by atoms with Crippen molar-refractivity contribution < 1.29 is 19.0 Å². The molecule has 1 aromatic rings. The minimum absolute atomic E-state index is 0.0126. The van der Waals surface area contributed by atoms with E-state index in [9.17, 15) is 14.3 Å². The highest BCUT2D eigenvalue weighted by atomic mass is 19.1. The van der Waals surface area contributed by atoms with Crippen LogP contribution in [0.1, 0.15) is 24.2 Å². The first-order chi connectivity index (χ1) is 9.00. The molecule has 0 radical (unpaired) electrons. The molecular formula is C13H19FN2O3. The Hall–Kier alpha value is -1.53. The van der Waals surface area contributed by atoms with Gasteiger partial charge in [-0.3, -0.25) is 9.78 Å². The Labute approximate surface area is 111 Å². The van der Waals surface area contributed by atoms with Crippen LogP contribution in [0.3, 0.4) is 0 Å². The zero-order valence-corrected chi connectivity index (χ0v) is 11.1. The summed E-state index contributed by atoms with van der Waals surface area (Å²) >= 11 is 0. The van der Waals surface area contributed by atoms with Crippen LogP contribution in [0.2, 0.25) is 0 Å². The van der Waals surface area contributed by atoms with Crippen molar-refractivity contribution in [2.45, 2.75) is 20.0 Å². The van der Waals surface area contributed by atoms with E-state index >= 15 is 0 Å². The van der Waals surface area contributed by atoms with Gasteiger partial charge in [0.15, 0.2) is 5.82 Å². The average Bonchev–Trinajstić information content (AvgIpc) is 2.36. The van der Waals surface area contributed by atoms with Crippen molar-refractivity contribution in [2.24, 2.45) is 5.92 Å². The lowest BCUT2D eigenvalue weighted by Gasteiger charge is -2.13. The molecule has 0 aliphatic heterocycles. The van der Waals surface area contributed by atoms with Gasteiger partial charge < -0.3 is 15.2 Å². The average molecular weight is 270 g/mol. The Morgan fingerprint density at radius 3 is 2.89 bits per heavy atom. The summed E-state index contributed by atoms with van der Waals surface area (Å²) in [5.41, 5.74) is -0.0923. The summed E-state index contributed by atoms with van der Waals surface area (Å²) in [6.07, 6.45) is 1.49. The highest BCUT2D eigenvalue weighted by molar-refractivity contribution is 5.94. The quantitative estimate of drug-likeness (QED) is 0.775. The highest BCUT2D eigenvalue weighted by Gasteiger charge is 2.13. The summed E-state index contributed by atoms with van der Waals surface area (Å²) in [4.78, 5) is 15.2. The molecule has 106 valence electrons. The van der Waals surface area contributed by atoms with Gasteiger partial charge in [-0.15, -0.1) is 0 Å². The van der Waals surface area contributed by atoms with E-state index in [0.29, 0.717) is 12.5 Å². The van der Waals surface area contributed by atoms with Crippen LogP contribution in [0, 0.1) is 11.7 Å². The van der Waals surface area contributed by atoms with Gasteiger partial charge in [0.1, 0.15) is 0 Å². The van der Waals surface area contributed by atoms with Gasteiger partial charge in [0.25, 0.3) is 5.91 Å². The maximum atomic E-state index is 13.2. The van der Waals surface area contributed by atoms with Gasteiger partial charge in [-0.2, -0.15) is 0 Å². The second-order valence-electron chi connectivity index (χ2n) is 4.65. The molecule has 0 bridgehead atoms. The summed E-state index contributed by atoms with van der Waals surface area (Å²) in [5.74, 6) is -0.888. The summed E-state index contributed by atoms with van der Waals surface area (Å²) in [7, 11) is 0. The number of amides is 1. The first-order valence-corrected chi connectivity index (χ1v) is 6.14. The molecule has 1 amide bonds. The Morgan fingerprint density at radius 1 is 1.53 bits per heavy atom. The number of carbonyl (C=O) groups is 1. The molecule has 1 heterocycles. The van der Waals surface area contributed by atoms with Crippen LogP contribution in [0.5, 0.6) is 0 Å².